The molecular formula is C54H31N3S. The Labute approximate surface area is 335 Å². The molecule has 0 aliphatic rings. The lowest BCUT2D eigenvalue weighted by Gasteiger charge is -2.16. The van der Waals surface area contributed by atoms with Crippen molar-refractivity contribution in [2.45, 2.75) is 0 Å². The van der Waals surface area contributed by atoms with Gasteiger partial charge in [0.25, 0.3) is 0 Å². The fourth-order valence-electron chi connectivity index (χ4n) is 10.5. The molecule has 0 bridgehead atoms. The minimum absolute atomic E-state index is 1.16. The van der Waals surface area contributed by atoms with Gasteiger partial charge in [-0.05, 0) is 59.7 Å². The second-order valence-corrected chi connectivity index (χ2v) is 16.6. The number of benzene rings is 9. The maximum absolute atomic E-state index is 2.56. The van der Waals surface area contributed by atoms with Gasteiger partial charge < -0.3 is 13.4 Å². The van der Waals surface area contributed by atoms with Gasteiger partial charge in [0.15, 0.2) is 0 Å². The van der Waals surface area contributed by atoms with Crippen LogP contribution in [0.25, 0.3) is 125 Å². The van der Waals surface area contributed by atoms with Crippen molar-refractivity contribution in [3.05, 3.63) is 188 Å². The third-order valence-corrected chi connectivity index (χ3v) is 14.0. The van der Waals surface area contributed by atoms with Crippen LogP contribution in [0.15, 0.2) is 188 Å². The molecule has 0 saturated carbocycles. The summed E-state index contributed by atoms with van der Waals surface area (Å²) in [4.78, 5) is 0. The second-order valence-electron chi connectivity index (χ2n) is 15.6. The molecule has 0 radical (unpaired) electrons. The Balaban J connectivity index is 1.16. The molecule has 9 aromatic carbocycles. The van der Waals surface area contributed by atoms with Crippen LogP contribution in [0.1, 0.15) is 0 Å². The maximum atomic E-state index is 2.56. The molecule has 5 aromatic heterocycles. The Kier molecular flexibility index (Phi) is 5.91. The topological polar surface area (TPSA) is 13.8 Å². The molecule has 5 heterocycles. The van der Waals surface area contributed by atoms with Crippen LogP contribution in [0.4, 0.5) is 0 Å². The molecule has 0 atom stereocenters. The van der Waals surface area contributed by atoms with Gasteiger partial charge >= 0.3 is 0 Å². The SMILES string of the molecule is c1ccc(-n2c3ccccc3c3cccc(-c4ccc5c6c4c4ccccc4n6c4ccc(-c6cccc7c6sc6ccccc67)c6c7ccccc7n5c64)c32)cc1. The first-order valence-corrected chi connectivity index (χ1v) is 20.8. The van der Waals surface area contributed by atoms with E-state index in [0.29, 0.717) is 0 Å². The third kappa shape index (κ3) is 3.78. The zero-order valence-corrected chi connectivity index (χ0v) is 32.0. The van der Waals surface area contributed by atoms with Crippen molar-refractivity contribution in [1.29, 1.82) is 0 Å². The molecule has 14 rings (SSSR count). The normalized spacial score (nSPS) is 12.5. The van der Waals surface area contributed by atoms with Crippen LogP contribution in [-0.2, 0) is 0 Å². The predicted molar refractivity (Wildman–Crippen MR) is 248 cm³/mol. The first-order chi connectivity index (χ1) is 28.8. The minimum Gasteiger partial charge on any atom is -0.309 e. The average molecular weight is 754 g/mol. The van der Waals surface area contributed by atoms with Gasteiger partial charge in [-0.2, -0.15) is 0 Å². The van der Waals surface area contributed by atoms with Crippen LogP contribution in [0, 0.1) is 0 Å². The van der Waals surface area contributed by atoms with E-state index in [9.17, 15) is 0 Å². The van der Waals surface area contributed by atoms with Crippen molar-refractivity contribution in [2.24, 2.45) is 0 Å². The summed E-state index contributed by atoms with van der Waals surface area (Å²) in [5.41, 5.74) is 16.0. The molecular weight excluding hydrogens is 723 g/mol. The van der Waals surface area contributed by atoms with Crippen LogP contribution in [0.5, 0.6) is 0 Å². The van der Waals surface area contributed by atoms with E-state index in [2.05, 4.69) is 201 Å². The Bertz CT molecular complexity index is 4030. The monoisotopic (exact) mass is 753 g/mol. The fraction of sp³-hybridized carbons (Fsp3) is 0. The molecule has 4 heteroatoms. The van der Waals surface area contributed by atoms with Crippen LogP contribution in [0.2, 0.25) is 0 Å². The van der Waals surface area contributed by atoms with E-state index < -0.39 is 0 Å². The molecule has 0 aliphatic heterocycles. The highest BCUT2D eigenvalue weighted by Gasteiger charge is 2.26. The lowest BCUT2D eigenvalue weighted by molar-refractivity contribution is 1.18. The third-order valence-electron chi connectivity index (χ3n) is 12.8. The lowest BCUT2D eigenvalue weighted by Crippen LogP contribution is -1.98. The molecule has 0 fully saturated rings. The van der Waals surface area contributed by atoms with Crippen molar-refractivity contribution >= 4 is 108 Å². The van der Waals surface area contributed by atoms with Gasteiger partial charge in [-0.25, -0.2) is 0 Å². The van der Waals surface area contributed by atoms with Crippen molar-refractivity contribution < 1.29 is 0 Å². The van der Waals surface area contributed by atoms with E-state index in [1.807, 2.05) is 11.3 Å². The standard InChI is InChI=1S/C54H31N3S/c1-2-14-32(15-3-1)55-43-24-8-4-16-33(43)37-20-12-21-38(51(37)55)35-28-30-46-52-49(35)41-18-5-9-25-44(41)56(52)47-31-29-36(50-42-19-6-10-26-45(42)57(46)53(47)50)40-23-13-22-39-34-17-7-11-27-48(34)58-54(39)40/h1-31H. The Morgan fingerprint density at radius 2 is 0.810 bits per heavy atom. The van der Waals surface area contributed by atoms with Gasteiger partial charge in [0, 0.05) is 69.3 Å². The smallest absolute Gasteiger partial charge is 0.0789 e. The van der Waals surface area contributed by atoms with E-state index in [1.54, 1.807) is 0 Å². The number of aromatic nitrogens is 3. The van der Waals surface area contributed by atoms with E-state index in [1.165, 1.54) is 119 Å². The number of hydrogen-bond acceptors (Lipinski definition) is 1. The van der Waals surface area contributed by atoms with Gasteiger partial charge in [0.1, 0.15) is 0 Å². The summed E-state index contributed by atoms with van der Waals surface area (Å²) in [5, 5.41) is 10.3. The van der Waals surface area contributed by atoms with Crippen LogP contribution in [-0.4, -0.2) is 13.4 Å². The first-order valence-electron chi connectivity index (χ1n) is 20.0. The molecule has 0 spiro atoms. The zero-order chi connectivity index (χ0) is 37.6. The highest BCUT2D eigenvalue weighted by atomic mass is 32.1. The van der Waals surface area contributed by atoms with E-state index in [4.69, 9.17) is 0 Å². The zero-order valence-electron chi connectivity index (χ0n) is 31.1. The van der Waals surface area contributed by atoms with Crippen molar-refractivity contribution in [3.63, 3.8) is 0 Å². The van der Waals surface area contributed by atoms with Gasteiger partial charge in [0.05, 0.1) is 44.1 Å². The number of fused-ring (bicyclic) bond motifs is 14. The van der Waals surface area contributed by atoms with Gasteiger partial charge in [-0.15, -0.1) is 11.3 Å². The van der Waals surface area contributed by atoms with Crippen LogP contribution in [0.3, 0.4) is 0 Å². The fourth-order valence-corrected chi connectivity index (χ4v) is 11.7. The van der Waals surface area contributed by atoms with Crippen LogP contribution >= 0.6 is 11.3 Å². The summed E-state index contributed by atoms with van der Waals surface area (Å²) < 4.78 is 10.2. The first kappa shape index (κ1) is 30.8. The van der Waals surface area contributed by atoms with Gasteiger partial charge in [-0.1, -0.05) is 140 Å². The second kappa shape index (κ2) is 11.1. The summed E-state index contributed by atoms with van der Waals surface area (Å²) in [6.45, 7) is 0. The summed E-state index contributed by atoms with van der Waals surface area (Å²) in [6.07, 6.45) is 0. The highest BCUT2D eigenvalue weighted by molar-refractivity contribution is 7.26. The maximum Gasteiger partial charge on any atom is 0.0789 e. The van der Waals surface area contributed by atoms with E-state index >= 15 is 0 Å². The van der Waals surface area contributed by atoms with E-state index in [-0.39, 0.29) is 0 Å². The van der Waals surface area contributed by atoms with Gasteiger partial charge in [-0.3, -0.25) is 0 Å². The minimum atomic E-state index is 1.16. The Morgan fingerprint density at radius 1 is 0.293 bits per heavy atom. The summed E-state index contributed by atoms with van der Waals surface area (Å²) >= 11 is 1.90. The summed E-state index contributed by atoms with van der Waals surface area (Å²) in [7, 11) is 0. The molecule has 0 unspecified atom stereocenters. The molecule has 3 nitrogen and oxygen atoms in total. The van der Waals surface area contributed by atoms with Crippen molar-refractivity contribution in [1.82, 2.24) is 13.4 Å². The van der Waals surface area contributed by atoms with Crippen molar-refractivity contribution in [3.8, 4) is 27.9 Å². The quantitative estimate of drug-likeness (QED) is 0.160. The molecule has 0 N–H and O–H groups in total. The molecule has 58 heavy (non-hydrogen) atoms. The number of rotatable bonds is 3. The molecule has 0 saturated heterocycles. The van der Waals surface area contributed by atoms with E-state index in [0.717, 1.165) is 5.69 Å². The summed E-state index contributed by atoms with van der Waals surface area (Å²) in [6, 6.07) is 69.7. The predicted octanol–water partition coefficient (Wildman–Crippen LogP) is 15.0. The van der Waals surface area contributed by atoms with Crippen molar-refractivity contribution in [2.75, 3.05) is 0 Å². The number of para-hydroxylation sites is 5. The molecule has 0 aliphatic carbocycles. The van der Waals surface area contributed by atoms with Crippen LogP contribution < -0.4 is 0 Å². The number of thiophene rings is 1. The number of hydrogen-bond donors (Lipinski definition) is 0. The average Bonchev–Trinajstić information content (AvgIpc) is 4.04. The molecule has 14 aromatic rings. The van der Waals surface area contributed by atoms with Gasteiger partial charge in [0.2, 0.25) is 0 Å². The largest absolute Gasteiger partial charge is 0.309 e. The molecule has 0 amide bonds. The summed E-state index contributed by atoms with van der Waals surface area (Å²) in [5.74, 6) is 0. The lowest BCUT2D eigenvalue weighted by atomic mass is 9.96. The Morgan fingerprint density at radius 3 is 1.50 bits per heavy atom. The number of nitrogens with zero attached hydrogens (tertiary/aromatic N) is 3. The Hall–Kier alpha value is -7.40. The highest BCUT2D eigenvalue weighted by Crippen LogP contribution is 2.49. The molecule has 268 valence electrons.